The molecule has 178 valence electrons. The predicted octanol–water partition coefficient (Wildman–Crippen LogP) is 4.85. The summed E-state index contributed by atoms with van der Waals surface area (Å²) in [5.41, 5.74) is 2.77. The second kappa shape index (κ2) is 10.1. The molecule has 6 nitrogen and oxygen atoms in total. The number of nitrogens with zero attached hydrogens (tertiary/aromatic N) is 2. The van der Waals surface area contributed by atoms with Crippen LogP contribution in [-0.2, 0) is 11.2 Å². The normalized spacial score (nSPS) is 14.3. The molecule has 0 aliphatic carbocycles. The van der Waals surface area contributed by atoms with E-state index in [-0.39, 0.29) is 23.5 Å². The van der Waals surface area contributed by atoms with Crippen LogP contribution in [0.5, 0.6) is 0 Å². The lowest BCUT2D eigenvalue weighted by Crippen LogP contribution is -2.43. The van der Waals surface area contributed by atoms with E-state index in [2.05, 4.69) is 10.5 Å². The number of aromatic nitrogens is 1. The number of rotatable bonds is 6. The third-order valence-electron chi connectivity index (χ3n) is 6.56. The molecule has 2 heterocycles. The van der Waals surface area contributed by atoms with Crippen LogP contribution in [0.3, 0.4) is 0 Å². The zero-order chi connectivity index (χ0) is 24.2. The van der Waals surface area contributed by atoms with E-state index in [4.69, 9.17) is 4.52 Å². The maximum atomic E-state index is 13.7. The van der Waals surface area contributed by atoms with Crippen LogP contribution in [0.2, 0.25) is 0 Å². The Labute approximate surface area is 202 Å². The third-order valence-corrected chi connectivity index (χ3v) is 6.56. The van der Waals surface area contributed by atoms with Gasteiger partial charge in [0.05, 0.1) is 5.39 Å². The van der Waals surface area contributed by atoms with Crippen LogP contribution in [0.1, 0.15) is 28.8 Å². The largest absolute Gasteiger partial charge is 0.356 e. The molecule has 2 amide bonds. The van der Waals surface area contributed by atoms with E-state index in [0.29, 0.717) is 61.3 Å². The second-order valence-corrected chi connectivity index (χ2v) is 8.81. The smallest absolute Gasteiger partial charge is 0.253 e. The zero-order valence-electron chi connectivity index (χ0n) is 19.2. The first kappa shape index (κ1) is 22.8. The van der Waals surface area contributed by atoms with E-state index < -0.39 is 0 Å². The number of fused-ring (bicyclic) bond motifs is 1. The van der Waals surface area contributed by atoms with Crippen LogP contribution in [0.15, 0.2) is 77.3 Å². The van der Waals surface area contributed by atoms with Crippen LogP contribution < -0.4 is 5.32 Å². The van der Waals surface area contributed by atoms with Crippen molar-refractivity contribution in [2.24, 2.45) is 5.92 Å². The Bertz CT molecular complexity index is 1340. The molecule has 1 N–H and O–H groups in total. The maximum Gasteiger partial charge on any atom is 0.253 e. The minimum atomic E-state index is -0.256. The molecule has 3 aromatic carbocycles. The number of nitrogens with one attached hydrogen (secondary N) is 1. The van der Waals surface area contributed by atoms with Gasteiger partial charge >= 0.3 is 0 Å². The molecule has 5 rings (SSSR count). The van der Waals surface area contributed by atoms with Gasteiger partial charge in [0, 0.05) is 36.7 Å². The highest BCUT2D eigenvalue weighted by atomic mass is 19.1. The Morgan fingerprint density at radius 2 is 1.74 bits per heavy atom. The molecule has 0 spiro atoms. The van der Waals surface area contributed by atoms with Gasteiger partial charge in [0.1, 0.15) is 11.3 Å². The molecule has 0 radical (unpaired) electrons. The van der Waals surface area contributed by atoms with Gasteiger partial charge < -0.3 is 14.7 Å². The molecule has 0 atom stereocenters. The van der Waals surface area contributed by atoms with Crippen LogP contribution >= 0.6 is 0 Å². The Hall–Kier alpha value is -4.00. The van der Waals surface area contributed by atoms with Gasteiger partial charge in [0.2, 0.25) is 5.91 Å². The summed E-state index contributed by atoms with van der Waals surface area (Å²) in [7, 11) is 0. The van der Waals surface area contributed by atoms with Gasteiger partial charge in [-0.25, -0.2) is 4.39 Å². The lowest BCUT2D eigenvalue weighted by molar-refractivity contribution is -0.126. The molecular formula is C28H26FN3O3. The summed E-state index contributed by atoms with van der Waals surface area (Å²) in [5.74, 6) is 0.136. The fraction of sp³-hybridized carbons (Fsp3) is 0.250. The molecule has 1 aliphatic heterocycles. The molecule has 1 fully saturated rings. The fourth-order valence-electron chi connectivity index (χ4n) is 4.57. The number of benzene rings is 3. The molecule has 0 saturated carbocycles. The summed E-state index contributed by atoms with van der Waals surface area (Å²) < 4.78 is 19.3. The second-order valence-electron chi connectivity index (χ2n) is 8.81. The van der Waals surface area contributed by atoms with E-state index in [0.717, 1.165) is 10.9 Å². The van der Waals surface area contributed by atoms with Gasteiger partial charge in [-0.2, -0.15) is 0 Å². The van der Waals surface area contributed by atoms with Crippen LogP contribution in [0.4, 0.5) is 4.39 Å². The highest BCUT2D eigenvalue weighted by molar-refractivity contribution is 6.01. The van der Waals surface area contributed by atoms with Crippen molar-refractivity contribution in [2.45, 2.75) is 19.3 Å². The lowest BCUT2D eigenvalue weighted by Gasteiger charge is -2.31. The number of piperidine rings is 1. The van der Waals surface area contributed by atoms with E-state index in [1.807, 2.05) is 36.4 Å². The first-order valence-electron chi connectivity index (χ1n) is 11.9. The van der Waals surface area contributed by atoms with E-state index >= 15 is 0 Å². The quantitative estimate of drug-likeness (QED) is 0.436. The average molecular weight is 472 g/mol. The summed E-state index contributed by atoms with van der Waals surface area (Å²) in [6, 6.07) is 21.7. The van der Waals surface area contributed by atoms with Crippen molar-refractivity contribution < 1.29 is 18.5 Å². The number of hydrogen-bond donors (Lipinski definition) is 1. The van der Waals surface area contributed by atoms with Crippen LogP contribution in [0, 0.1) is 11.7 Å². The SMILES string of the molecule is O=C(NCCc1ccccc1F)C1CCN(C(=O)c2ccc3noc(-c4ccccc4)c3c2)CC1. The molecule has 1 saturated heterocycles. The minimum absolute atomic E-state index is 0.0353. The summed E-state index contributed by atoms with van der Waals surface area (Å²) in [5, 5.41) is 7.83. The molecule has 35 heavy (non-hydrogen) atoms. The number of halogens is 1. The monoisotopic (exact) mass is 471 g/mol. The van der Waals surface area contributed by atoms with Gasteiger partial charge in [-0.3, -0.25) is 9.59 Å². The summed E-state index contributed by atoms with van der Waals surface area (Å²) in [4.78, 5) is 27.6. The summed E-state index contributed by atoms with van der Waals surface area (Å²) in [6.07, 6.45) is 1.65. The number of amides is 2. The molecule has 1 aliphatic rings. The van der Waals surface area contributed by atoms with Gasteiger partial charge in [-0.15, -0.1) is 0 Å². The van der Waals surface area contributed by atoms with Gasteiger partial charge in [-0.05, 0) is 49.1 Å². The summed E-state index contributed by atoms with van der Waals surface area (Å²) >= 11 is 0. The van der Waals surface area contributed by atoms with Gasteiger partial charge in [0.25, 0.3) is 5.91 Å². The van der Waals surface area contributed by atoms with Crippen molar-refractivity contribution in [2.75, 3.05) is 19.6 Å². The van der Waals surface area contributed by atoms with Gasteiger partial charge in [0.15, 0.2) is 5.76 Å². The Morgan fingerprint density at radius 3 is 2.51 bits per heavy atom. The fourth-order valence-corrected chi connectivity index (χ4v) is 4.57. The Balaban J connectivity index is 1.18. The predicted molar refractivity (Wildman–Crippen MR) is 131 cm³/mol. The number of likely N-dealkylation sites (tertiary alicyclic amines) is 1. The van der Waals surface area contributed by atoms with Crippen molar-refractivity contribution in [3.63, 3.8) is 0 Å². The molecule has 1 aromatic heterocycles. The van der Waals surface area contributed by atoms with Gasteiger partial charge in [-0.1, -0.05) is 53.7 Å². The minimum Gasteiger partial charge on any atom is -0.356 e. The highest BCUT2D eigenvalue weighted by Gasteiger charge is 2.28. The standard InChI is InChI=1S/C28H26FN3O3/c29-24-9-5-4-6-19(24)12-15-30-27(33)21-13-16-32(17-14-21)28(34)22-10-11-25-23(18-22)26(35-31-25)20-7-2-1-3-8-20/h1-11,18,21H,12-17H2,(H,30,33). The van der Waals surface area contributed by atoms with Crippen LogP contribution in [0.25, 0.3) is 22.2 Å². The molecule has 0 unspecified atom stereocenters. The summed E-state index contributed by atoms with van der Waals surface area (Å²) in [6.45, 7) is 1.41. The average Bonchev–Trinajstić information content (AvgIpc) is 3.33. The first-order chi connectivity index (χ1) is 17.1. The maximum absolute atomic E-state index is 13.7. The Kier molecular flexibility index (Phi) is 6.57. The first-order valence-corrected chi connectivity index (χ1v) is 11.9. The highest BCUT2D eigenvalue weighted by Crippen LogP contribution is 2.30. The van der Waals surface area contributed by atoms with E-state index in [1.54, 1.807) is 35.2 Å². The molecule has 7 heteroatoms. The number of carbonyl (C=O) groups excluding carboxylic acids is 2. The Morgan fingerprint density at radius 1 is 1.00 bits per heavy atom. The topological polar surface area (TPSA) is 75.4 Å². The number of carbonyl (C=O) groups is 2. The van der Waals surface area contributed by atoms with Crippen molar-refractivity contribution in [3.8, 4) is 11.3 Å². The van der Waals surface area contributed by atoms with Crippen LogP contribution in [-0.4, -0.2) is 41.5 Å². The van der Waals surface area contributed by atoms with Crippen molar-refractivity contribution in [1.29, 1.82) is 0 Å². The third kappa shape index (κ3) is 4.94. The van der Waals surface area contributed by atoms with E-state index in [9.17, 15) is 14.0 Å². The van der Waals surface area contributed by atoms with E-state index in [1.165, 1.54) is 6.07 Å². The molecular weight excluding hydrogens is 445 g/mol. The molecule has 0 bridgehead atoms. The lowest BCUT2D eigenvalue weighted by atomic mass is 9.95. The van der Waals surface area contributed by atoms with Crippen molar-refractivity contribution in [3.05, 3.63) is 89.7 Å². The zero-order valence-corrected chi connectivity index (χ0v) is 19.2. The van der Waals surface area contributed by atoms with Crippen molar-refractivity contribution >= 4 is 22.7 Å². The molecule has 4 aromatic rings. The number of hydrogen-bond acceptors (Lipinski definition) is 4. The van der Waals surface area contributed by atoms with Crippen molar-refractivity contribution in [1.82, 2.24) is 15.4 Å².